The maximum Gasteiger partial charge on any atom is 0.126 e. The van der Waals surface area contributed by atoms with Crippen LogP contribution in [0.4, 0.5) is 5.82 Å². The van der Waals surface area contributed by atoms with Gasteiger partial charge >= 0.3 is 0 Å². The first kappa shape index (κ1) is 11.9. The van der Waals surface area contributed by atoms with E-state index in [-0.39, 0.29) is 0 Å². The Morgan fingerprint density at radius 1 is 1.00 bits per heavy atom. The first-order chi connectivity index (χ1) is 8.40. The van der Waals surface area contributed by atoms with Crippen LogP contribution in [0.2, 0.25) is 0 Å². The predicted molar refractivity (Wildman–Crippen MR) is 73.1 cm³/mol. The van der Waals surface area contributed by atoms with E-state index in [4.69, 9.17) is 5.73 Å². The van der Waals surface area contributed by atoms with E-state index in [0.717, 1.165) is 37.3 Å². The number of unbranched alkanes of at least 4 members (excludes halogenated alkanes) is 2. The molecular formula is C14H19N3. The largest absolute Gasteiger partial charge is 0.370 e. The lowest BCUT2D eigenvalue weighted by molar-refractivity contribution is 0.706. The summed E-state index contributed by atoms with van der Waals surface area (Å²) in [7, 11) is 0. The molecule has 0 spiro atoms. The summed E-state index contributed by atoms with van der Waals surface area (Å²) >= 11 is 0. The molecule has 0 saturated heterocycles. The van der Waals surface area contributed by atoms with Crippen LogP contribution < -0.4 is 11.1 Å². The molecule has 0 bridgehead atoms. The van der Waals surface area contributed by atoms with Gasteiger partial charge < -0.3 is 11.1 Å². The van der Waals surface area contributed by atoms with Crippen molar-refractivity contribution in [2.45, 2.75) is 19.3 Å². The van der Waals surface area contributed by atoms with Gasteiger partial charge in [0, 0.05) is 11.9 Å². The van der Waals surface area contributed by atoms with Crippen molar-refractivity contribution in [2.24, 2.45) is 5.73 Å². The van der Waals surface area contributed by atoms with Crippen molar-refractivity contribution in [1.29, 1.82) is 0 Å². The molecule has 3 nitrogen and oxygen atoms in total. The fourth-order valence-electron chi connectivity index (χ4n) is 1.83. The van der Waals surface area contributed by atoms with Gasteiger partial charge in [-0.25, -0.2) is 4.98 Å². The van der Waals surface area contributed by atoms with Crippen molar-refractivity contribution in [3.8, 4) is 0 Å². The number of pyridine rings is 1. The Hall–Kier alpha value is -1.61. The van der Waals surface area contributed by atoms with Gasteiger partial charge in [0.15, 0.2) is 0 Å². The molecule has 0 aliphatic carbocycles. The zero-order chi connectivity index (χ0) is 11.9. The Kier molecular flexibility index (Phi) is 4.33. The number of benzene rings is 1. The van der Waals surface area contributed by atoms with Crippen LogP contribution >= 0.6 is 0 Å². The van der Waals surface area contributed by atoms with Crippen LogP contribution in [-0.4, -0.2) is 18.1 Å². The minimum Gasteiger partial charge on any atom is -0.370 e. The molecule has 1 heterocycles. The van der Waals surface area contributed by atoms with Gasteiger partial charge in [0.1, 0.15) is 5.82 Å². The average molecular weight is 229 g/mol. The van der Waals surface area contributed by atoms with Crippen molar-refractivity contribution in [1.82, 2.24) is 4.98 Å². The van der Waals surface area contributed by atoms with E-state index in [9.17, 15) is 0 Å². The number of rotatable bonds is 6. The molecule has 1 aromatic heterocycles. The number of hydrogen-bond donors (Lipinski definition) is 2. The van der Waals surface area contributed by atoms with Crippen molar-refractivity contribution in [3.05, 3.63) is 36.4 Å². The monoisotopic (exact) mass is 229 g/mol. The molecule has 0 fully saturated rings. The first-order valence-electron chi connectivity index (χ1n) is 6.20. The zero-order valence-electron chi connectivity index (χ0n) is 10.0. The van der Waals surface area contributed by atoms with Crippen LogP contribution in [0.25, 0.3) is 10.9 Å². The number of nitrogens with two attached hydrogens (primary N) is 1. The Labute approximate surface area is 102 Å². The highest BCUT2D eigenvalue weighted by Gasteiger charge is 1.96. The zero-order valence-corrected chi connectivity index (χ0v) is 10.0. The number of aromatic nitrogens is 1. The summed E-state index contributed by atoms with van der Waals surface area (Å²) in [6, 6.07) is 12.3. The molecule has 0 amide bonds. The lowest BCUT2D eigenvalue weighted by Crippen LogP contribution is -2.05. The van der Waals surface area contributed by atoms with Gasteiger partial charge in [-0.3, -0.25) is 0 Å². The molecule has 17 heavy (non-hydrogen) atoms. The summed E-state index contributed by atoms with van der Waals surface area (Å²) in [5.41, 5.74) is 6.49. The number of para-hydroxylation sites is 1. The van der Waals surface area contributed by atoms with Crippen molar-refractivity contribution in [2.75, 3.05) is 18.4 Å². The highest BCUT2D eigenvalue weighted by molar-refractivity contribution is 5.79. The molecule has 0 aliphatic rings. The Morgan fingerprint density at radius 3 is 2.76 bits per heavy atom. The lowest BCUT2D eigenvalue weighted by atomic mass is 10.2. The number of anilines is 1. The standard InChI is InChI=1S/C14H19N3/c15-10-4-1-5-11-16-14-9-8-12-6-2-3-7-13(12)17-14/h2-3,6-9H,1,4-5,10-11,15H2,(H,16,17). The van der Waals surface area contributed by atoms with E-state index in [2.05, 4.69) is 22.4 Å². The first-order valence-corrected chi connectivity index (χ1v) is 6.20. The lowest BCUT2D eigenvalue weighted by Gasteiger charge is -2.06. The molecule has 2 aromatic rings. The van der Waals surface area contributed by atoms with Crippen molar-refractivity contribution < 1.29 is 0 Å². The second-order valence-electron chi connectivity index (χ2n) is 4.17. The average Bonchev–Trinajstić information content (AvgIpc) is 2.38. The van der Waals surface area contributed by atoms with Crippen LogP contribution in [-0.2, 0) is 0 Å². The SMILES string of the molecule is NCCCCCNc1ccc2ccccc2n1. The van der Waals surface area contributed by atoms with Crippen LogP contribution in [0, 0.1) is 0 Å². The number of nitrogens with one attached hydrogen (secondary N) is 1. The Bertz CT molecular complexity index is 468. The van der Waals surface area contributed by atoms with E-state index >= 15 is 0 Å². The minimum atomic E-state index is 0.786. The summed E-state index contributed by atoms with van der Waals surface area (Å²) in [6.45, 7) is 1.75. The quantitative estimate of drug-likeness (QED) is 0.749. The Balaban J connectivity index is 1.90. The van der Waals surface area contributed by atoms with Crippen LogP contribution in [0.5, 0.6) is 0 Å². The third-order valence-electron chi connectivity index (χ3n) is 2.79. The molecule has 3 heteroatoms. The fraction of sp³-hybridized carbons (Fsp3) is 0.357. The molecule has 0 saturated carbocycles. The smallest absolute Gasteiger partial charge is 0.126 e. The summed E-state index contributed by atoms with van der Waals surface area (Å²) in [4.78, 5) is 4.56. The molecule has 90 valence electrons. The molecule has 0 radical (unpaired) electrons. The molecule has 0 unspecified atom stereocenters. The maximum atomic E-state index is 5.45. The summed E-state index contributed by atoms with van der Waals surface area (Å²) in [5.74, 6) is 0.955. The number of nitrogens with zero attached hydrogens (tertiary/aromatic N) is 1. The highest BCUT2D eigenvalue weighted by atomic mass is 15.0. The van der Waals surface area contributed by atoms with Crippen molar-refractivity contribution in [3.63, 3.8) is 0 Å². The molecule has 0 aliphatic heterocycles. The summed E-state index contributed by atoms with van der Waals surface area (Å²) in [6.07, 6.45) is 3.43. The van der Waals surface area contributed by atoms with E-state index in [1.165, 1.54) is 11.8 Å². The number of hydrogen-bond acceptors (Lipinski definition) is 3. The van der Waals surface area contributed by atoms with E-state index in [1.54, 1.807) is 0 Å². The second-order valence-corrected chi connectivity index (χ2v) is 4.17. The van der Waals surface area contributed by atoms with E-state index < -0.39 is 0 Å². The van der Waals surface area contributed by atoms with Gasteiger partial charge in [0.25, 0.3) is 0 Å². The second kappa shape index (κ2) is 6.21. The molecule has 3 N–H and O–H groups in total. The third kappa shape index (κ3) is 3.43. The van der Waals surface area contributed by atoms with Gasteiger partial charge in [0.2, 0.25) is 0 Å². The van der Waals surface area contributed by atoms with E-state index in [0.29, 0.717) is 0 Å². The molecule has 0 atom stereocenters. The topological polar surface area (TPSA) is 50.9 Å². The molecule has 2 rings (SSSR count). The van der Waals surface area contributed by atoms with Gasteiger partial charge in [-0.15, -0.1) is 0 Å². The minimum absolute atomic E-state index is 0.786. The van der Waals surface area contributed by atoms with Gasteiger partial charge in [-0.05, 0) is 37.6 Å². The maximum absolute atomic E-state index is 5.45. The van der Waals surface area contributed by atoms with E-state index in [1.807, 2.05) is 24.3 Å². The number of fused-ring (bicyclic) bond motifs is 1. The summed E-state index contributed by atoms with van der Waals surface area (Å²) in [5, 5.41) is 4.53. The fourth-order valence-corrected chi connectivity index (χ4v) is 1.83. The predicted octanol–water partition coefficient (Wildman–Crippen LogP) is 2.78. The van der Waals surface area contributed by atoms with Gasteiger partial charge in [-0.1, -0.05) is 24.6 Å². The molecular weight excluding hydrogens is 210 g/mol. The normalized spacial score (nSPS) is 10.6. The summed E-state index contributed by atoms with van der Waals surface area (Å²) < 4.78 is 0. The van der Waals surface area contributed by atoms with Crippen LogP contribution in [0.3, 0.4) is 0 Å². The van der Waals surface area contributed by atoms with Gasteiger partial charge in [0.05, 0.1) is 5.52 Å². The Morgan fingerprint density at radius 2 is 1.88 bits per heavy atom. The van der Waals surface area contributed by atoms with Crippen LogP contribution in [0.15, 0.2) is 36.4 Å². The highest BCUT2D eigenvalue weighted by Crippen LogP contribution is 2.14. The van der Waals surface area contributed by atoms with Crippen LogP contribution in [0.1, 0.15) is 19.3 Å². The third-order valence-corrected chi connectivity index (χ3v) is 2.79. The van der Waals surface area contributed by atoms with Gasteiger partial charge in [-0.2, -0.15) is 0 Å². The van der Waals surface area contributed by atoms with Crippen molar-refractivity contribution >= 4 is 16.7 Å². The molecule has 1 aromatic carbocycles.